The van der Waals surface area contributed by atoms with Gasteiger partial charge in [-0.25, -0.2) is 0 Å². The molecule has 8 aromatic rings. The van der Waals surface area contributed by atoms with Gasteiger partial charge in [-0.1, -0.05) is 121 Å². The van der Waals surface area contributed by atoms with E-state index in [4.69, 9.17) is 4.42 Å². The first-order chi connectivity index (χ1) is 24.8. The summed E-state index contributed by atoms with van der Waals surface area (Å²) in [6.45, 7) is 0. The minimum absolute atomic E-state index is 0.925. The highest BCUT2D eigenvalue weighted by Crippen LogP contribution is 2.44. The molecule has 238 valence electrons. The van der Waals surface area contributed by atoms with E-state index in [1.807, 2.05) is 18.5 Å². The summed E-state index contributed by atoms with van der Waals surface area (Å²) in [5, 5.41) is 1.18. The molecule has 2 aromatic heterocycles. The normalized spacial score (nSPS) is 12.4. The highest BCUT2D eigenvalue weighted by Gasteiger charge is 2.23. The Morgan fingerprint density at radius 1 is 0.500 bits per heavy atom. The second-order valence-electron chi connectivity index (χ2n) is 12.7. The first-order valence-corrected chi connectivity index (χ1v) is 17.2. The summed E-state index contributed by atoms with van der Waals surface area (Å²) in [5.41, 5.74) is 14.9. The fourth-order valence-electron chi connectivity index (χ4n) is 7.23. The number of furan rings is 1. The molecule has 6 aromatic carbocycles. The molecule has 0 spiro atoms. The van der Waals surface area contributed by atoms with Gasteiger partial charge in [0.25, 0.3) is 0 Å². The predicted molar refractivity (Wildman–Crippen MR) is 207 cm³/mol. The quantitative estimate of drug-likeness (QED) is 0.173. The zero-order valence-corrected chi connectivity index (χ0v) is 27.5. The standard InChI is InChI=1S/C47H34N2O/c1-3-10-33(11-4-1)34-18-23-39(24-19-34)49(44-32-38(35-28-30-48-31-29-35)22-27-41(44)36-12-5-2-6-13-36)40-25-20-37(21-26-40)42-15-9-17-46-47(42)43-14-7-8-16-45(43)50-46/h1-8,10-16,18-32H,9,17H2. The number of fused-ring (bicyclic) bond motifs is 3. The summed E-state index contributed by atoms with van der Waals surface area (Å²) in [4.78, 5) is 6.66. The molecule has 50 heavy (non-hydrogen) atoms. The van der Waals surface area contributed by atoms with E-state index in [9.17, 15) is 0 Å². The van der Waals surface area contributed by atoms with E-state index >= 15 is 0 Å². The minimum atomic E-state index is 0.925. The van der Waals surface area contributed by atoms with E-state index in [1.54, 1.807) is 0 Å². The van der Waals surface area contributed by atoms with Gasteiger partial charge >= 0.3 is 0 Å². The molecule has 9 rings (SSSR count). The fraction of sp³-hybridized carbons (Fsp3) is 0.0426. The van der Waals surface area contributed by atoms with Crippen LogP contribution in [0.25, 0.3) is 49.9 Å². The van der Waals surface area contributed by atoms with Crippen LogP contribution in [0.3, 0.4) is 0 Å². The van der Waals surface area contributed by atoms with Crippen molar-refractivity contribution in [2.45, 2.75) is 12.8 Å². The number of nitrogens with zero attached hydrogens (tertiary/aromatic N) is 2. The topological polar surface area (TPSA) is 29.3 Å². The third-order valence-electron chi connectivity index (χ3n) is 9.66. The van der Waals surface area contributed by atoms with Crippen molar-refractivity contribution < 1.29 is 4.42 Å². The van der Waals surface area contributed by atoms with E-state index in [2.05, 4.69) is 174 Å². The van der Waals surface area contributed by atoms with Crippen LogP contribution in [0, 0.1) is 0 Å². The number of allylic oxidation sites excluding steroid dienone is 1. The summed E-state index contributed by atoms with van der Waals surface area (Å²) < 4.78 is 6.31. The summed E-state index contributed by atoms with van der Waals surface area (Å²) in [7, 11) is 0. The summed E-state index contributed by atoms with van der Waals surface area (Å²) >= 11 is 0. The monoisotopic (exact) mass is 642 g/mol. The Bertz CT molecular complexity index is 2440. The maximum Gasteiger partial charge on any atom is 0.134 e. The lowest BCUT2D eigenvalue weighted by Crippen LogP contribution is -2.11. The molecule has 0 aliphatic heterocycles. The molecule has 0 amide bonds. The van der Waals surface area contributed by atoms with Crippen molar-refractivity contribution in [2.75, 3.05) is 4.90 Å². The molecule has 0 unspecified atom stereocenters. The smallest absolute Gasteiger partial charge is 0.134 e. The van der Waals surface area contributed by atoms with Gasteiger partial charge in [0.2, 0.25) is 0 Å². The number of aryl methyl sites for hydroxylation is 1. The van der Waals surface area contributed by atoms with Crippen molar-refractivity contribution in [2.24, 2.45) is 0 Å². The largest absolute Gasteiger partial charge is 0.460 e. The van der Waals surface area contributed by atoms with Crippen LogP contribution in [0.4, 0.5) is 17.1 Å². The van der Waals surface area contributed by atoms with E-state index in [-0.39, 0.29) is 0 Å². The van der Waals surface area contributed by atoms with Crippen LogP contribution in [-0.2, 0) is 6.42 Å². The van der Waals surface area contributed by atoms with Crippen LogP contribution in [-0.4, -0.2) is 4.98 Å². The van der Waals surface area contributed by atoms with Gasteiger partial charge in [-0.2, -0.15) is 0 Å². The van der Waals surface area contributed by atoms with Crippen molar-refractivity contribution in [3.05, 3.63) is 199 Å². The maximum atomic E-state index is 6.31. The highest BCUT2D eigenvalue weighted by molar-refractivity contribution is 5.98. The molecule has 0 atom stereocenters. The molecule has 0 radical (unpaired) electrons. The van der Waals surface area contributed by atoms with Crippen LogP contribution >= 0.6 is 0 Å². The molecule has 0 fully saturated rings. The molecule has 0 saturated carbocycles. The average molecular weight is 643 g/mol. The second kappa shape index (κ2) is 12.9. The SMILES string of the molecule is C1=C(c2ccc(N(c3ccc(-c4ccccc4)cc3)c3cc(-c4ccncc4)ccc3-c3ccccc3)cc2)c2c(oc3ccccc23)CC1. The van der Waals surface area contributed by atoms with Gasteiger partial charge in [0.15, 0.2) is 0 Å². The lowest BCUT2D eigenvalue weighted by Gasteiger charge is -2.29. The third kappa shape index (κ3) is 5.49. The molecule has 0 saturated heterocycles. The van der Waals surface area contributed by atoms with Crippen molar-refractivity contribution >= 4 is 33.6 Å². The molecular weight excluding hydrogens is 609 g/mol. The number of pyridine rings is 1. The van der Waals surface area contributed by atoms with Crippen LogP contribution in [0.5, 0.6) is 0 Å². The number of para-hydroxylation sites is 1. The number of hydrogen-bond donors (Lipinski definition) is 0. The third-order valence-corrected chi connectivity index (χ3v) is 9.66. The van der Waals surface area contributed by atoms with Crippen LogP contribution < -0.4 is 4.90 Å². The van der Waals surface area contributed by atoms with Crippen LogP contribution in [0.15, 0.2) is 187 Å². The summed E-state index contributed by atoms with van der Waals surface area (Å²) in [6, 6.07) is 58.5. The molecular formula is C47H34N2O. The first kappa shape index (κ1) is 29.7. The molecule has 0 bridgehead atoms. The van der Waals surface area contributed by atoms with Crippen LogP contribution in [0.1, 0.15) is 23.3 Å². The lowest BCUT2D eigenvalue weighted by atomic mass is 9.89. The Kier molecular flexibility index (Phi) is 7.64. The van der Waals surface area contributed by atoms with Crippen LogP contribution in [0.2, 0.25) is 0 Å². The average Bonchev–Trinajstić information content (AvgIpc) is 3.59. The van der Waals surface area contributed by atoms with E-state index in [0.717, 1.165) is 63.5 Å². The predicted octanol–water partition coefficient (Wildman–Crippen LogP) is 12.7. The lowest BCUT2D eigenvalue weighted by molar-refractivity contribution is 0.545. The van der Waals surface area contributed by atoms with E-state index < -0.39 is 0 Å². The first-order valence-electron chi connectivity index (χ1n) is 17.2. The molecule has 2 heterocycles. The Balaban J connectivity index is 1.20. The summed E-state index contributed by atoms with van der Waals surface area (Å²) in [6.07, 6.45) is 7.96. The zero-order chi connectivity index (χ0) is 33.3. The number of hydrogen-bond acceptors (Lipinski definition) is 3. The van der Waals surface area contributed by atoms with Crippen molar-refractivity contribution in [1.82, 2.24) is 4.98 Å². The number of benzene rings is 6. The van der Waals surface area contributed by atoms with Gasteiger partial charge < -0.3 is 9.32 Å². The Labute approximate surface area is 292 Å². The van der Waals surface area contributed by atoms with Crippen molar-refractivity contribution in [3.8, 4) is 33.4 Å². The molecule has 3 heteroatoms. The summed E-state index contributed by atoms with van der Waals surface area (Å²) in [5.74, 6) is 1.08. The van der Waals surface area contributed by atoms with Crippen molar-refractivity contribution in [1.29, 1.82) is 0 Å². The number of anilines is 3. The molecule has 3 nitrogen and oxygen atoms in total. The maximum absolute atomic E-state index is 6.31. The van der Waals surface area contributed by atoms with Gasteiger partial charge in [-0.3, -0.25) is 4.98 Å². The van der Waals surface area contributed by atoms with E-state index in [0.29, 0.717) is 0 Å². The van der Waals surface area contributed by atoms with E-state index in [1.165, 1.54) is 33.2 Å². The van der Waals surface area contributed by atoms with Gasteiger partial charge in [0.05, 0.1) is 5.69 Å². The Morgan fingerprint density at radius 2 is 1.08 bits per heavy atom. The fourth-order valence-corrected chi connectivity index (χ4v) is 7.23. The molecule has 0 N–H and O–H groups in total. The van der Waals surface area contributed by atoms with Gasteiger partial charge in [0, 0.05) is 46.7 Å². The minimum Gasteiger partial charge on any atom is -0.460 e. The molecule has 1 aliphatic rings. The number of rotatable bonds is 7. The highest BCUT2D eigenvalue weighted by atomic mass is 16.3. The zero-order valence-electron chi connectivity index (χ0n) is 27.5. The second-order valence-corrected chi connectivity index (χ2v) is 12.7. The van der Waals surface area contributed by atoms with Gasteiger partial charge in [0.1, 0.15) is 11.3 Å². The van der Waals surface area contributed by atoms with Crippen molar-refractivity contribution in [3.63, 3.8) is 0 Å². The van der Waals surface area contributed by atoms with Gasteiger partial charge in [-0.15, -0.1) is 0 Å². The Morgan fingerprint density at radius 3 is 1.80 bits per heavy atom. The Hall–Kier alpha value is -6.45. The molecule has 1 aliphatic carbocycles. The number of aromatic nitrogens is 1. The van der Waals surface area contributed by atoms with Gasteiger partial charge in [-0.05, 0) is 93.9 Å².